The fourth-order valence-electron chi connectivity index (χ4n) is 3.61. The van der Waals surface area contributed by atoms with Gasteiger partial charge in [0.05, 0.1) is 0 Å². The lowest BCUT2D eigenvalue weighted by Gasteiger charge is -2.19. The fourth-order valence-corrected chi connectivity index (χ4v) is 4.18. The van der Waals surface area contributed by atoms with Crippen molar-refractivity contribution in [1.82, 2.24) is 0 Å². The van der Waals surface area contributed by atoms with Crippen molar-refractivity contribution in [1.29, 1.82) is 0 Å². The molecule has 0 saturated heterocycles. The summed E-state index contributed by atoms with van der Waals surface area (Å²) in [4.78, 5) is 0. The molecule has 0 aliphatic rings. The Morgan fingerprint density at radius 1 is 0.600 bits per heavy atom. The van der Waals surface area contributed by atoms with Crippen LogP contribution >= 0.6 is 9.24 Å². The maximum atomic E-state index is 3.00. The van der Waals surface area contributed by atoms with Gasteiger partial charge in [-0.15, -0.1) is 9.24 Å². The molecule has 0 aliphatic carbocycles. The second-order valence-electron chi connectivity index (χ2n) is 6.56. The first-order valence-corrected chi connectivity index (χ1v) is 9.18. The van der Waals surface area contributed by atoms with Crippen LogP contribution in [0, 0.1) is 13.8 Å². The smallest absolute Gasteiger partial charge is 0.00245 e. The van der Waals surface area contributed by atoms with Gasteiger partial charge in [0.2, 0.25) is 0 Å². The van der Waals surface area contributed by atoms with Gasteiger partial charge in [0.1, 0.15) is 0 Å². The summed E-state index contributed by atoms with van der Waals surface area (Å²) in [6.45, 7) is 4.38. The summed E-state index contributed by atoms with van der Waals surface area (Å²) >= 11 is 0. The Labute approximate surface area is 151 Å². The highest BCUT2D eigenvalue weighted by atomic mass is 31.0. The van der Waals surface area contributed by atoms with Crippen molar-refractivity contribution in [2.24, 2.45) is 0 Å². The lowest BCUT2D eigenvalue weighted by atomic mass is 9.88. The van der Waals surface area contributed by atoms with Gasteiger partial charge in [-0.05, 0) is 69.4 Å². The van der Waals surface area contributed by atoms with E-state index in [-0.39, 0.29) is 0 Å². The van der Waals surface area contributed by atoms with E-state index in [1.54, 1.807) is 0 Å². The average molecular weight is 340 g/mol. The topological polar surface area (TPSA) is 0 Å². The zero-order valence-corrected chi connectivity index (χ0v) is 15.7. The summed E-state index contributed by atoms with van der Waals surface area (Å²) < 4.78 is 0. The summed E-state index contributed by atoms with van der Waals surface area (Å²) in [7, 11) is 3.00. The highest BCUT2D eigenvalue weighted by Gasteiger charge is 2.16. The standard InChI is InChI=1S/C24H21P/c1-16-9-3-6-12-19(16)22-15-18-11-5-8-14-21(18)24(25)23(22)20-13-7-4-10-17(20)2/h3-15H,25H2,1-2H3. The fraction of sp³-hybridized carbons (Fsp3) is 0.0833. The first-order chi connectivity index (χ1) is 12.2. The van der Waals surface area contributed by atoms with Gasteiger partial charge < -0.3 is 0 Å². The van der Waals surface area contributed by atoms with E-state index in [1.807, 2.05) is 0 Å². The van der Waals surface area contributed by atoms with Gasteiger partial charge in [-0.1, -0.05) is 72.8 Å². The van der Waals surface area contributed by atoms with Crippen molar-refractivity contribution >= 4 is 25.3 Å². The molecule has 4 rings (SSSR count). The van der Waals surface area contributed by atoms with Crippen LogP contribution in [0.5, 0.6) is 0 Å². The molecular weight excluding hydrogens is 319 g/mol. The third kappa shape index (κ3) is 2.77. The molecule has 25 heavy (non-hydrogen) atoms. The van der Waals surface area contributed by atoms with Crippen LogP contribution in [0.15, 0.2) is 78.9 Å². The molecule has 0 radical (unpaired) electrons. The van der Waals surface area contributed by atoms with Crippen molar-refractivity contribution in [3.63, 3.8) is 0 Å². The largest absolute Gasteiger partial charge is 0.104 e. The molecule has 0 amide bonds. The summed E-state index contributed by atoms with van der Waals surface area (Å²) in [5.41, 5.74) is 7.83. The van der Waals surface area contributed by atoms with E-state index in [1.165, 1.54) is 49.5 Å². The number of fused-ring (bicyclic) bond motifs is 1. The van der Waals surface area contributed by atoms with Gasteiger partial charge in [-0.3, -0.25) is 0 Å². The molecule has 0 saturated carbocycles. The number of hydrogen-bond donors (Lipinski definition) is 0. The van der Waals surface area contributed by atoms with Crippen molar-refractivity contribution < 1.29 is 0 Å². The zero-order chi connectivity index (χ0) is 17.4. The van der Waals surface area contributed by atoms with Crippen LogP contribution in [0.1, 0.15) is 11.1 Å². The number of rotatable bonds is 2. The predicted octanol–water partition coefficient (Wildman–Crippen LogP) is 6.29. The molecule has 0 aromatic heterocycles. The summed E-state index contributed by atoms with van der Waals surface area (Å²) in [5.74, 6) is 0. The maximum absolute atomic E-state index is 3.00. The van der Waals surface area contributed by atoms with E-state index in [2.05, 4.69) is 102 Å². The molecule has 1 heteroatoms. The number of hydrogen-bond acceptors (Lipinski definition) is 0. The first-order valence-electron chi connectivity index (χ1n) is 8.60. The second kappa shape index (κ2) is 6.47. The third-order valence-electron chi connectivity index (χ3n) is 4.94. The molecule has 0 fully saturated rings. The first kappa shape index (κ1) is 16.1. The molecule has 4 aromatic carbocycles. The minimum absolute atomic E-state index is 1.27. The van der Waals surface area contributed by atoms with Gasteiger partial charge in [-0.25, -0.2) is 0 Å². The number of aryl methyl sites for hydroxylation is 2. The lowest BCUT2D eigenvalue weighted by molar-refractivity contribution is 1.44. The van der Waals surface area contributed by atoms with Crippen LogP contribution in [0.3, 0.4) is 0 Å². The highest BCUT2D eigenvalue weighted by Crippen LogP contribution is 2.38. The van der Waals surface area contributed by atoms with E-state index >= 15 is 0 Å². The average Bonchev–Trinajstić information content (AvgIpc) is 2.63. The van der Waals surface area contributed by atoms with Gasteiger partial charge in [-0.2, -0.15) is 0 Å². The molecular formula is C24H21P. The predicted molar refractivity (Wildman–Crippen MR) is 114 cm³/mol. The quantitative estimate of drug-likeness (QED) is 0.376. The molecule has 0 bridgehead atoms. The molecule has 122 valence electrons. The Morgan fingerprint density at radius 2 is 1.16 bits per heavy atom. The molecule has 1 unspecified atom stereocenters. The van der Waals surface area contributed by atoms with E-state index in [0.29, 0.717) is 0 Å². The SMILES string of the molecule is Cc1ccccc1-c1cc2ccccc2c(P)c1-c1ccccc1C. The van der Waals surface area contributed by atoms with Crippen LogP contribution in [-0.4, -0.2) is 0 Å². The third-order valence-corrected chi connectivity index (χ3v) is 5.54. The van der Waals surface area contributed by atoms with Crippen molar-refractivity contribution in [3.05, 3.63) is 90.0 Å². The lowest BCUT2D eigenvalue weighted by Crippen LogP contribution is -2.04. The van der Waals surface area contributed by atoms with Gasteiger partial charge in [0, 0.05) is 0 Å². The van der Waals surface area contributed by atoms with Crippen molar-refractivity contribution in [2.75, 3.05) is 0 Å². The van der Waals surface area contributed by atoms with Gasteiger partial charge in [0.15, 0.2) is 0 Å². The van der Waals surface area contributed by atoms with E-state index in [9.17, 15) is 0 Å². The molecule has 0 aliphatic heterocycles. The monoisotopic (exact) mass is 340 g/mol. The normalized spacial score (nSPS) is 11.0. The Bertz CT molecular complexity index is 1080. The molecule has 4 aromatic rings. The minimum Gasteiger partial charge on any atom is -0.104 e. The Balaban J connectivity index is 2.16. The minimum atomic E-state index is 1.27. The van der Waals surface area contributed by atoms with Crippen molar-refractivity contribution in [2.45, 2.75) is 13.8 Å². The second-order valence-corrected chi connectivity index (χ2v) is 7.14. The number of benzene rings is 4. The van der Waals surface area contributed by atoms with E-state index < -0.39 is 0 Å². The molecule has 0 heterocycles. The molecule has 0 N–H and O–H groups in total. The van der Waals surface area contributed by atoms with Crippen molar-refractivity contribution in [3.8, 4) is 22.3 Å². The van der Waals surface area contributed by atoms with E-state index in [0.717, 1.165) is 0 Å². The Morgan fingerprint density at radius 3 is 1.84 bits per heavy atom. The zero-order valence-electron chi connectivity index (χ0n) is 14.6. The van der Waals surface area contributed by atoms with E-state index in [4.69, 9.17) is 0 Å². The summed E-state index contributed by atoms with van der Waals surface area (Å²) in [6, 6.07) is 28.3. The van der Waals surface area contributed by atoms with Gasteiger partial charge >= 0.3 is 0 Å². The maximum Gasteiger partial charge on any atom is -0.00245 e. The van der Waals surface area contributed by atoms with Crippen LogP contribution in [0.4, 0.5) is 0 Å². The summed E-state index contributed by atoms with van der Waals surface area (Å²) in [5, 5.41) is 3.84. The molecule has 0 spiro atoms. The van der Waals surface area contributed by atoms with Crippen LogP contribution < -0.4 is 5.30 Å². The van der Waals surface area contributed by atoms with Crippen LogP contribution in [-0.2, 0) is 0 Å². The van der Waals surface area contributed by atoms with Crippen LogP contribution in [0.25, 0.3) is 33.0 Å². The highest BCUT2D eigenvalue weighted by molar-refractivity contribution is 7.29. The Hall–Kier alpha value is -2.43. The molecule has 1 atom stereocenters. The Kier molecular flexibility index (Phi) is 4.15. The molecule has 0 nitrogen and oxygen atoms in total. The summed E-state index contributed by atoms with van der Waals surface area (Å²) in [6.07, 6.45) is 0. The van der Waals surface area contributed by atoms with Gasteiger partial charge in [0.25, 0.3) is 0 Å². The van der Waals surface area contributed by atoms with Crippen LogP contribution in [0.2, 0.25) is 0 Å².